The molecule has 180 valence electrons. The second kappa shape index (κ2) is 10.4. The van der Waals surface area contributed by atoms with Gasteiger partial charge in [0.2, 0.25) is 0 Å². The summed E-state index contributed by atoms with van der Waals surface area (Å²) in [7, 11) is 1.58. The molecule has 4 rings (SSSR count). The second-order valence-electron chi connectivity index (χ2n) is 8.79. The Morgan fingerprint density at radius 1 is 1.03 bits per heavy atom. The second-order valence-corrected chi connectivity index (χ2v) is 8.79. The molecule has 0 spiro atoms. The number of aliphatic hydroxyl groups excluding tert-OH is 1. The van der Waals surface area contributed by atoms with Crippen molar-refractivity contribution in [2.24, 2.45) is 5.92 Å². The quantitative estimate of drug-likeness (QED) is 0.289. The number of aromatic nitrogens is 1. The molecule has 1 amide bonds. The zero-order chi connectivity index (χ0) is 24.9. The van der Waals surface area contributed by atoms with Crippen molar-refractivity contribution in [1.29, 1.82) is 0 Å². The summed E-state index contributed by atoms with van der Waals surface area (Å²) in [6, 6.07) is 16.9. The van der Waals surface area contributed by atoms with Crippen LogP contribution in [0.2, 0.25) is 0 Å². The van der Waals surface area contributed by atoms with Gasteiger partial charge in [-0.05, 0) is 59.5 Å². The molecule has 1 atom stereocenters. The minimum absolute atomic E-state index is 0.0346. The average Bonchev–Trinajstić information content (AvgIpc) is 3.13. The molecule has 0 aliphatic carbocycles. The van der Waals surface area contributed by atoms with E-state index in [0.29, 0.717) is 35.2 Å². The summed E-state index contributed by atoms with van der Waals surface area (Å²) >= 11 is 0. The van der Waals surface area contributed by atoms with Gasteiger partial charge in [0.1, 0.15) is 17.3 Å². The molecule has 0 radical (unpaired) electrons. The Morgan fingerprint density at radius 3 is 2.31 bits per heavy atom. The lowest BCUT2D eigenvalue weighted by Gasteiger charge is -2.25. The Balaban J connectivity index is 1.72. The first-order valence-electron chi connectivity index (χ1n) is 11.4. The van der Waals surface area contributed by atoms with Crippen molar-refractivity contribution in [3.63, 3.8) is 0 Å². The number of carbonyl (C=O) groups is 2. The Kier molecular flexibility index (Phi) is 7.15. The number of nitrogens with zero attached hydrogens (tertiary/aromatic N) is 2. The highest BCUT2D eigenvalue weighted by atomic mass is 16.5. The van der Waals surface area contributed by atoms with Gasteiger partial charge in [0, 0.05) is 24.5 Å². The standard InChI is InChI=1S/C28H28N2O5/c1-18(2)17-35-23-12-8-20(9-13-23)26(31)24-25(21-5-4-14-29-15-21)30(28(33)27(24)32)16-19-6-10-22(34-3)11-7-19/h4-15,18,25,31H,16-17H2,1-3H3/b26-24-. The van der Waals surface area contributed by atoms with Crippen molar-refractivity contribution in [1.82, 2.24) is 9.88 Å². The van der Waals surface area contributed by atoms with Crippen LogP contribution in [0.4, 0.5) is 0 Å². The van der Waals surface area contributed by atoms with E-state index < -0.39 is 17.7 Å². The molecule has 1 N–H and O–H groups in total. The molecular weight excluding hydrogens is 444 g/mol. The minimum Gasteiger partial charge on any atom is -0.507 e. The van der Waals surface area contributed by atoms with Crippen LogP contribution in [0.1, 0.15) is 36.6 Å². The highest BCUT2D eigenvalue weighted by Crippen LogP contribution is 2.40. The third-order valence-corrected chi connectivity index (χ3v) is 5.76. The van der Waals surface area contributed by atoms with Gasteiger partial charge in [-0.25, -0.2) is 0 Å². The van der Waals surface area contributed by atoms with Crippen molar-refractivity contribution in [2.75, 3.05) is 13.7 Å². The number of carbonyl (C=O) groups excluding carboxylic acids is 2. The molecule has 0 bridgehead atoms. The molecule has 2 heterocycles. The van der Waals surface area contributed by atoms with Crippen molar-refractivity contribution >= 4 is 17.4 Å². The summed E-state index contributed by atoms with van der Waals surface area (Å²) in [5, 5.41) is 11.2. The Labute approximate surface area is 204 Å². The topological polar surface area (TPSA) is 89.0 Å². The van der Waals surface area contributed by atoms with Crippen LogP contribution < -0.4 is 9.47 Å². The molecule has 2 aromatic carbocycles. The van der Waals surface area contributed by atoms with Crippen LogP contribution in [0.5, 0.6) is 11.5 Å². The van der Waals surface area contributed by atoms with E-state index in [1.54, 1.807) is 68.0 Å². The predicted molar refractivity (Wildman–Crippen MR) is 132 cm³/mol. The van der Waals surface area contributed by atoms with Gasteiger partial charge < -0.3 is 19.5 Å². The fourth-order valence-corrected chi connectivity index (χ4v) is 3.98. The number of ketones is 1. The highest BCUT2D eigenvalue weighted by molar-refractivity contribution is 6.46. The summed E-state index contributed by atoms with van der Waals surface area (Å²) in [5.74, 6) is 0.103. The Bertz CT molecular complexity index is 1220. The predicted octanol–water partition coefficient (Wildman–Crippen LogP) is 4.75. The molecule has 1 unspecified atom stereocenters. The highest BCUT2D eigenvalue weighted by Gasteiger charge is 2.46. The van der Waals surface area contributed by atoms with Crippen molar-refractivity contribution in [2.45, 2.75) is 26.4 Å². The number of Topliss-reactive ketones (excluding diaryl/α,β-unsaturated/α-hetero) is 1. The maximum atomic E-state index is 13.2. The molecule has 1 saturated heterocycles. The molecule has 1 aromatic heterocycles. The maximum absolute atomic E-state index is 13.2. The zero-order valence-electron chi connectivity index (χ0n) is 20.0. The molecule has 7 heteroatoms. The third-order valence-electron chi connectivity index (χ3n) is 5.76. The van der Waals surface area contributed by atoms with E-state index in [2.05, 4.69) is 18.8 Å². The number of rotatable bonds is 8. The third kappa shape index (κ3) is 5.19. The number of hydrogen-bond donors (Lipinski definition) is 1. The molecule has 1 aliphatic rings. The fourth-order valence-electron chi connectivity index (χ4n) is 3.98. The normalized spacial score (nSPS) is 17.1. The van der Waals surface area contributed by atoms with Crippen LogP contribution in [0, 0.1) is 5.92 Å². The molecule has 35 heavy (non-hydrogen) atoms. The Morgan fingerprint density at radius 2 is 1.71 bits per heavy atom. The molecule has 1 aliphatic heterocycles. The first-order chi connectivity index (χ1) is 16.9. The van der Waals surface area contributed by atoms with E-state index >= 15 is 0 Å². The fraction of sp³-hybridized carbons (Fsp3) is 0.250. The lowest BCUT2D eigenvalue weighted by atomic mass is 9.96. The number of benzene rings is 2. The monoisotopic (exact) mass is 472 g/mol. The number of likely N-dealkylation sites (tertiary alicyclic amines) is 1. The number of methoxy groups -OCH3 is 1. The summed E-state index contributed by atoms with van der Waals surface area (Å²) in [5.41, 5.74) is 1.93. The number of pyridine rings is 1. The van der Waals surface area contributed by atoms with Crippen molar-refractivity contribution in [3.8, 4) is 11.5 Å². The van der Waals surface area contributed by atoms with Crippen LogP contribution in [-0.2, 0) is 16.1 Å². The van der Waals surface area contributed by atoms with Gasteiger partial charge in [-0.3, -0.25) is 14.6 Å². The maximum Gasteiger partial charge on any atom is 0.295 e. The van der Waals surface area contributed by atoms with E-state index in [4.69, 9.17) is 9.47 Å². The van der Waals surface area contributed by atoms with E-state index in [0.717, 1.165) is 5.56 Å². The minimum atomic E-state index is -0.775. The number of aliphatic hydroxyl groups is 1. The molecular formula is C28H28N2O5. The zero-order valence-corrected chi connectivity index (χ0v) is 20.0. The summed E-state index contributed by atoms with van der Waals surface area (Å²) in [6.45, 7) is 4.88. The first kappa shape index (κ1) is 24.0. The lowest BCUT2D eigenvalue weighted by molar-refractivity contribution is -0.140. The van der Waals surface area contributed by atoms with E-state index in [9.17, 15) is 14.7 Å². The van der Waals surface area contributed by atoms with Gasteiger partial charge in [-0.15, -0.1) is 0 Å². The first-order valence-corrected chi connectivity index (χ1v) is 11.4. The summed E-state index contributed by atoms with van der Waals surface area (Å²) in [6.07, 6.45) is 3.22. The van der Waals surface area contributed by atoms with Gasteiger partial charge >= 0.3 is 0 Å². The van der Waals surface area contributed by atoms with E-state index in [-0.39, 0.29) is 17.9 Å². The molecule has 3 aromatic rings. The van der Waals surface area contributed by atoms with Gasteiger partial charge in [0.15, 0.2) is 0 Å². The molecule has 0 saturated carbocycles. The van der Waals surface area contributed by atoms with Gasteiger partial charge in [-0.1, -0.05) is 32.0 Å². The molecule has 7 nitrogen and oxygen atoms in total. The van der Waals surface area contributed by atoms with Crippen molar-refractivity contribution < 1.29 is 24.2 Å². The van der Waals surface area contributed by atoms with Crippen LogP contribution in [0.15, 0.2) is 78.6 Å². The largest absolute Gasteiger partial charge is 0.507 e. The smallest absolute Gasteiger partial charge is 0.295 e. The van der Waals surface area contributed by atoms with Crippen LogP contribution in [0.3, 0.4) is 0 Å². The van der Waals surface area contributed by atoms with Gasteiger partial charge in [-0.2, -0.15) is 0 Å². The van der Waals surface area contributed by atoms with Gasteiger partial charge in [0.25, 0.3) is 11.7 Å². The van der Waals surface area contributed by atoms with Gasteiger partial charge in [0.05, 0.1) is 25.3 Å². The van der Waals surface area contributed by atoms with Crippen LogP contribution >= 0.6 is 0 Å². The average molecular weight is 473 g/mol. The Hall–Kier alpha value is -4.13. The SMILES string of the molecule is COc1ccc(CN2C(=O)C(=O)/C(=C(\O)c3ccc(OCC(C)C)cc3)C2c2cccnc2)cc1. The summed E-state index contributed by atoms with van der Waals surface area (Å²) < 4.78 is 10.9. The number of ether oxygens (including phenoxy) is 2. The van der Waals surface area contributed by atoms with E-state index in [1.807, 2.05) is 12.1 Å². The van der Waals surface area contributed by atoms with Crippen LogP contribution in [0.25, 0.3) is 5.76 Å². The van der Waals surface area contributed by atoms with Crippen LogP contribution in [-0.4, -0.2) is 40.4 Å². The number of amides is 1. The summed E-state index contributed by atoms with van der Waals surface area (Å²) in [4.78, 5) is 31.9. The number of hydrogen-bond acceptors (Lipinski definition) is 6. The molecule has 1 fully saturated rings. The van der Waals surface area contributed by atoms with Crippen molar-refractivity contribution in [3.05, 3.63) is 95.3 Å². The van der Waals surface area contributed by atoms with E-state index in [1.165, 1.54) is 4.90 Å². The lowest BCUT2D eigenvalue weighted by Crippen LogP contribution is -2.29.